The number of imidazole rings is 1. The van der Waals surface area contributed by atoms with Crippen molar-refractivity contribution < 1.29 is 31.8 Å². The molecule has 0 aliphatic carbocycles. The number of aromatic nitrogens is 3. The molecule has 0 radical (unpaired) electrons. The maximum Gasteiger partial charge on any atom is 0.416 e. The predicted octanol–water partition coefficient (Wildman–Crippen LogP) is 5.71. The second-order valence-corrected chi connectivity index (χ2v) is 9.94. The number of benzene rings is 2. The summed E-state index contributed by atoms with van der Waals surface area (Å²) < 4.78 is 66.8. The number of nitrogens with one attached hydrogen (secondary N) is 2. The minimum Gasteiger partial charge on any atom is -0.457 e. The molecular formula is C28H28F4N6O3. The zero-order valence-electron chi connectivity index (χ0n) is 22.5. The number of carbonyl (C=O) groups is 1. The molecule has 1 amide bonds. The van der Waals surface area contributed by atoms with E-state index in [0.29, 0.717) is 53.6 Å². The lowest BCUT2D eigenvalue weighted by atomic mass is 10.2. The van der Waals surface area contributed by atoms with Gasteiger partial charge in [-0.15, -0.1) is 0 Å². The number of hydrogen-bond acceptors (Lipinski definition) is 7. The van der Waals surface area contributed by atoms with E-state index in [0.717, 1.165) is 6.07 Å². The fraction of sp³-hybridized carbons (Fsp3) is 0.321. The molecule has 0 spiro atoms. The van der Waals surface area contributed by atoms with E-state index in [1.807, 2.05) is 18.7 Å². The number of alkyl halides is 3. The number of rotatable bonds is 7. The maximum atomic E-state index is 14.3. The van der Waals surface area contributed by atoms with Gasteiger partial charge in [0, 0.05) is 38.5 Å². The van der Waals surface area contributed by atoms with Crippen LogP contribution in [0.1, 0.15) is 19.4 Å². The highest BCUT2D eigenvalue weighted by Gasteiger charge is 2.31. The van der Waals surface area contributed by atoms with E-state index in [2.05, 4.69) is 20.6 Å². The van der Waals surface area contributed by atoms with E-state index in [4.69, 9.17) is 9.47 Å². The fourth-order valence-electron chi connectivity index (χ4n) is 4.75. The van der Waals surface area contributed by atoms with Crippen LogP contribution in [0.5, 0.6) is 11.5 Å². The molecule has 3 heterocycles. The number of carbonyl (C=O) groups excluding carboxylic acids is 1. The number of morpholine rings is 1. The molecule has 2 aromatic carbocycles. The molecule has 5 rings (SSSR count). The Morgan fingerprint density at radius 2 is 1.80 bits per heavy atom. The van der Waals surface area contributed by atoms with Gasteiger partial charge in [0.2, 0.25) is 11.9 Å². The number of aryl methyl sites for hydroxylation is 1. The van der Waals surface area contributed by atoms with Crippen LogP contribution in [-0.4, -0.2) is 57.2 Å². The van der Waals surface area contributed by atoms with Crippen LogP contribution in [0.15, 0.2) is 54.7 Å². The molecule has 2 aromatic heterocycles. The van der Waals surface area contributed by atoms with Crippen LogP contribution in [0.2, 0.25) is 0 Å². The Labute approximate surface area is 233 Å². The number of anilines is 3. The van der Waals surface area contributed by atoms with Crippen LogP contribution >= 0.6 is 0 Å². The molecule has 216 valence electrons. The van der Waals surface area contributed by atoms with Gasteiger partial charge in [0.05, 0.1) is 41.0 Å². The SMILES string of the molecule is C[C@@H]1CN(CC(=O)Nc2cc(Oc3ccc4c(c3)nc(Nc3cc(C(F)(F)F)ccc3F)n4C)ccn2)C[C@H](C)O1. The Bertz CT molecular complexity index is 1560. The molecule has 13 heteroatoms. The number of hydrogen-bond donors (Lipinski definition) is 2. The molecule has 1 aliphatic heterocycles. The molecule has 2 N–H and O–H groups in total. The van der Waals surface area contributed by atoms with Crippen LogP contribution in [-0.2, 0) is 22.8 Å². The summed E-state index contributed by atoms with van der Waals surface area (Å²) in [6.45, 7) is 5.48. The Morgan fingerprint density at radius 1 is 1.07 bits per heavy atom. The van der Waals surface area contributed by atoms with Crippen molar-refractivity contribution in [1.29, 1.82) is 0 Å². The van der Waals surface area contributed by atoms with Gasteiger partial charge in [-0.1, -0.05) is 0 Å². The smallest absolute Gasteiger partial charge is 0.416 e. The normalized spacial score (nSPS) is 17.9. The molecular weight excluding hydrogens is 544 g/mol. The molecule has 0 bridgehead atoms. The molecule has 0 unspecified atom stereocenters. The third-order valence-electron chi connectivity index (χ3n) is 6.49. The Kier molecular flexibility index (Phi) is 7.82. The van der Waals surface area contributed by atoms with Gasteiger partial charge in [0.1, 0.15) is 23.1 Å². The first kappa shape index (κ1) is 28.3. The molecule has 2 atom stereocenters. The molecule has 1 aliphatic rings. The molecule has 1 fully saturated rings. The van der Waals surface area contributed by atoms with Gasteiger partial charge < -0.3 is 24.7 Å². The maximum absolute atomic E-state index is 14.3. The van der Waals surface area contributed by atoms with E-state index in [1.54, 1.807) is 41.9 Å². The standard InChI is InChI=1S/C28H28F4N6O3/c1-16-13-38(14-17(2)40-16)15-26(39)36-25-12-20(8-9-33-25)41-19-5-7-24-23(11-19)35-27(37(24)3)34-22-10-18(28(30,31)32)4-6-21(22)29/h4-12,16-17H,13-15H2,1-3H3,(H,34,35)(H,33,36,39)/t16-,17+. The van der Waals surface area contributed by atoms with Crippen molar-refractivity contribution in [2.75, 3.05) is 30.3 Å². The minimum absolute atomic E-state index is 0.0476. The fourth-order valence-corrected chi connectivity index (χ4v) is 4.75. The van der Waals surface area contributed by atoms with Gasteiger partial charge in [0.15, 0.2) is 0 Å². The summed E-state index contributed by atoms with van der Waals surface area (Å²) >= 11 is 0. The first-order valence-corrected chi connectivity index (χ1v) is 12.9. The van der Waals surface area contributed by atoms with Crippen molar-refractivity contribution in [3.05, 3.63) is 66.1 Å². The number of amides is 1. The number of fused-ring (bicyclic) bond motifs is 1. The van der Waals surface area contributed by atoms with Gasteiger partial charge in [0.25, 0.3) is 0 Å². The summed E-state index contributed by atoms with van der Waals surface area (Å²) in [5, 5.41) is 5.44. The number of nitrogens with zero attached hydrogens (tertiary/aromatic N) is 4. The minimum atomic E-state index is -4.61. The van der Waals surface area contributed by atoms with E-state index in [-0.39, 0.29) is 36.3 Å². The molecule has 1 saturated heterocycles. The zero-order valence-corrected chi connectivity index (χ0v) is 22.5. The molecule has 9 nitrogen and oxygen atoms in total. The lowest BCUT2D eigenvalue weighted by Gasteiger charge is -2.34. The summed E-state index contributed by atoms with van der Waals surface area (Å²) in [6.07, 6.45) is -3.01. The lowest BCUT2D eigenvalue weighted by molar-refractivity contribution is -0.137. The van der Waals surface area contributed by atoms with Crippen LogP contribution in [0, 0.1) is 5.82 Å². The third-order valence-corrected chi connectivity index (χ3v) is 6.49. The van der Waals surface area contributed by atoms with Gasteiger partial charge in [-0.05, 0) is 50.2 Å². The van der Waals surface area contributed by atoms with Gasteiger partial charge >= 0.3 is 6.18 Å². The van der Waals surface area contributed by atoms with Crippen LogP contribution < -0.4 is 15.4 Å². The Balaban J connectivity index is 1.28. The van der Waals surface area contributed by atoms with Crippen molar-refractivity contribution in [2.45, 2.75) is 32.2 Å². The largest absolute Gasteiger partial charge is 0.457 e. The number of halogens is 4. The summed E-state index contributed by atoms with van der Waals surface area (Å²) in [7, 11) is 1.65. The summed E-state index contributed by atoms with van der Waals surface area (Å²) in [5.41, 5.74) is -0.217. The second kappa shape index (κ2) is 11.3. The monoisotopic (exact) mass is 572 g/mol. The molecule has 41 heavy (non-hydrogen) atoms. The highest BCUT2D eigenvalue weighted by atomic mass is 19.4. The highest BCUT2D eigenvalue weighted by molar-refractivity contribution is 5.91. The predicted molar refractivity (Wildman–Crippen MR) is 145 cm³/mol. The lowest BCUT2D eigenvalue weighted by Crippen LogP contribution is -2.48. The quantitative estimate of drug-likeness (QED) is 0.274. The highest BCUT2D eigenvalue weighted by Crippen LogP contribution is 2.34. The average Bonchev–Trinajstić information content (AvgIpc) is 3.18. The van der Waals surface area contributed by atoms with E-state index < -0.39 is 17.6 Å². The van der Waals surface area contributed by atoms with Crippen molar-refractivity contribution in [2.24, 2.45) is 7.05 Å². The first-order valence-electron chi connectivity index (χ1n) is 12.9. The van der Waals surface area contributed by atoms with Crippen molar-refractivity contribution >= 4 is 34.4 Å². The summed E-state index contributed by atoms with van der Waals surface area (Å²) in [6, 6.07) is 10.4. The topological polar surface area (TPSA) is 93.5 Å². The Hall–Kier alpha value is -4.23. The van der Waals surface area contributed by atoms with Crippen molar-refractivity contribution in [3.63, 3.8) is 0 Å². The number of pyridine rings is 1. The van der Waals surface area contributed by atoms with Gasteiger partial charge in [-0.3, -0.25) is 9.69 Å². The second-order valence-electron chi connectivity index (χ2n) is 9.94. The number of ether oxygens (including phenoxy) is 2. The molecule has 4 aromatic rings. The third kappa shape index (κ3) is 6.74. The Morgan fingerprint density at radius 3 is 2.54 bits per heavy atom. The first-order chi connectivity index (χ1) is 19.4. The zero-order chi connectivity index (χ0) is 29.3. The van der Waals surface area contributed by atoms with E-state index in [9.17, 15) is 22.4 Å². The van der Waals surface area contributed by atoms with E-state index in [1.165, 1.54) is 6.20 Å². The van der Waals surface area contributed by atoms with Crippen LogP contribution in [0.3, 0.4) is 0 Å². The summed E-state index contributed by atoms with van der Waals surface area (Å²) in [4.78, 5) is 23.2. The van der Waals surface area contributed by atoms with Crippen LogP contribution in [0.4, 0.5) is 35.0 Å². The average molecular weight is 573 g/mol. The van der Waals surface area contributed by atoms with Crippen molar-refractivity contribution in [3.8, 4) is 11.5 Å². The molecule has 0 saturated carbocycles. The van der Waals surface area contributed by atoms with Gasteiger partial charge in [-0.2, -0.15) is 13.2 Å². The summed E-state index contributed by atoms with van der Waals surface area (Å²) in [5.74, 6) is 0.270. The van der Waals surface area contributed by atoms with Gasteiger partial charge in [-0.25, -0.2) is 14.4 Å². The van der Waals surface area contributed by atoms with Crippen molar-refractivity contribution in [1.82, 2.24) is 19.4 Å². The van der Waals surface area contributed by atoms with Crippen LogP contribution in [0.25, 0.3) is 11.0 Å². The van der Waals surface area contributed by atoms with E-state index >= 15 is 0 Å².